The average Bonchev–Trinajstić information content (AvgIpc) is 1.63. The third kappa shape index (κ3) is 384. The van der Waals surface area contributed by atoms with Gasteiger partial charge in [0.25, 0.3) is 0 Å². The Bertz CT molecular complexity index is 96.5. The molecule has 0 spiro atoms. The van der Waals surface area contributed by atoms with E-state index in [0.717, 1.165) is 0 Å². The van der Waals surface area contributed by atoms with Gasteiger partial charge in [0.2, 0.25) is 0 Å². The van der Waals surface area contributed by atoms with Crippen molar-refractivity contribution in [3.63, 3.8) is 0 Å². The summed E-state index contributed by atoms with van der Waals surface area (Å²) >= 11 is 0. The number of nitrogens with one attached hydrogen (secondary N) is 1. The van der Waals surface area contributed by atoms with E-state index in [0.29, 0.717) is 0 Å². The summed E-state index contributed by atoms with van der Waals surface area (Å²) in [5.41, 5.74) is 18.8. The summed E-state index contributed by atoms with van der Waals surface area (Å²) in [6.45, 7) is 5.90. The Kier molecular flexibility index (Phi) is 223. The zero-order valence-corrected chi connectivity index (χ0v) is 30.6. The van der Waals surface area contributed by atoms with Gasteiger partial charge in [0.1, 0.15) is 0 Å². The van der Waals surface area contributed by atoms with E-state index in [1.807, 2.05) is 20.8 Å². The molecule has 5 nitrogen and oxygen atoms in total. The number of halogens is 7. The maximum Gasteiger partial charge on any atom is 4.00 e. The summed E-state index contributed by atoms with van der Waals surface area (Å²) in [5, 5.41) is 6.06. The van der Waals surface area contributed by atoms with Gasteiger partial charge in [0, 0.05) is 5.54 Å². The van der Waals surface area contributed by atoms with Crippen LogP contribution in [-0.2, 0) is 0 Å². The van der Waals surface area contributed by atoms with Crippen LogP contribution in [0.5, 0.6) is 0 Å². The van der Waals surface area contributed by atoms with E-state index in [1.54, 1.807) is 0 Å². The summed E-state index contributed by atoms with van der Waals surface area (Å²) in [5.74, 6) is -0.333. The van der Waals surface area contributed by atoms with Gasteiger partial charge in [-0.15, -0.1) is 71.9 Å². The van der Waals surface area contributed by atoms with Crippen LogP contribution in [-0.4, -0.2) is 45.8 Å². The molecule has 0 aromatic carbocycles. The van der Waals surface area contributed by atoms with Gasteiger partial charge in [-0.1, -0.05) is 0 Å². The molecule has 0 aliphatic carbocycles. The first-order valence-corrected chi connectivity index (χ1v) is 3.19. The molecule has 0 atom stereocenters. The van der Waals surface area contributed by atoms with Crippen molar-refractivity contribution < 1.29 is 95.9 Å². The van der Waals surface area contributed by atoms with E-state index in [-0.39, 0.29) is 207 Å². The predicted octanol–water partition coefficient (Wildman–Crippen LogP) is -11.4. The fourth-order valence-corrected chi connectivity index (χ4v) is 0. The molecule has 0 aromatic rings. The SMILES string of the molecule is CC(C)(C)N.CN.I.I.I.N=C(N)N.[I-].[I-].[I-].[I-].[Pb+4]. The van der Waals surface area contributed by atoms with Gasteiger partial charge in [-0.3, -0.25) is 5.41 Å². The second-order valence-corrected chi connectivity index (χ2v) is 2.82. The Morgan fingerprint density at radius 1 is 0.789 bits per heavy atom. The van der Waals surface area contributed by atoms with E-state index in [4.69, 9.17) is 11.1 Å². The molecular weight excluding hydrogens is 1240 g/mol. The van der Waals surface area contributed by atoms with Crippen molar-refractivity contribution in [2.75, 3.05) is 7.05 Å². The smallest absolute Gasteiger partial charge is 1.00 e. The number of rotatable bonds is 0. The Morgan fingerprint density at radius 3 is 0.789 bits per heavy atom. The minimum atomic E-state index is -0.333. The first kappa shape index (κ1) is 74.7. The fourth-order valence-electron chi connectivity index (χ4n) is 0. The van der Waals surface area contributed by atoms with Crippen LogP contribution < -0.4 is 119 Å². The van der Waals surface area contributed by atoms with Crippen LogP contribution >= 0.6 is 71.9 Å². The van der Waals surface area contributed by atoms with Gasteiger partial charge in [-0.2, -0.15) is 0 Å². The summed E-state index contributed by atoms with van der Waals surface area (Å²) in [6, 6.07) is 0. The van der Waals surface area contributed by atoms with E-state index in [2.05, 4.69) is 17.2 Å². The quantitative estimate of drug-likeness (QED) is 0.0716. The van der Waals surface area contributed by atoms with Crippen LogP contribution in [0.2, 0.25) is 0 Å². The van der Waals surface area contributed by atoms with E-state index >= 15 is 0 Å². The zero-order valence-electron chi connectivity index (χ0n) is 11.0. The van der Waals surface area contributed by atoms with Crippen molar-refractivity contribution in [2.24, 2.45) is 22.9 Å². The molecule has 0 saturated heterocycles. The molecule has 0 fully saturated rings. The van der Waals surface area contributed by atoms with Crippen molar-refractivity contribution in [3.8, 4) is 0 Å². The largest absolute Gasteiger partial charge is 4.00 e. The van der Waals surface area contributed by atoms with E-state index < -0.39 is 0 Å². The van der Waals surface area contributed by atoms with E-state index in [1.165, 1.54) is 7.05 Å². The van der Waals surface area contributed by atoms with Crippen molar-refractivity contribution in [1.29, 1.82) is 5.41 Å². The monoisotopic (exact) mass is 1260 g/mol. The summed E-state index contributed by atoms with van der Waals surface area (Å²) in [4.78, 5) is 0. The second kappa shape index (κ2) is 56.7. The van der Waals surface area contributed by atoms with Crippen LogP contribution in [0.4, 0.5) is 0 Å². The summed E-state index contributed by atoms with van der Waals surface area (Å²) in [7, 11) is 1.50. The molecule has 0 amide bonds. The first-order chi connectivity index (χ1) is 4.73. The predicted molar refractivity (Wildman–Crippen MR) is 102 cm³/mol. The molecule has 0 heterocycles. The topological polar surface area (TPSA) is 128 Å². The van der Waals surface area contributed by atoms with Crippen LogP contribution in [0.25, 0.3) is 0 Å². The molecular formula is C6H24I7N5Pb. The third-order valence-electron chi connectivity index (χ3n) is 0. The van der Waals surface area contributed by atoms with Gasteiger partial charge in [-0.05, 0) is 27.8 Å². The van der Waals surface area contributed by atoms with Crippen molar-refractivity contribution in [3.05, 3.63) is 0 Å². The standard InChI is InChI=1S/C4H11N.CH5N3.CH5N.7HI.Pb/c1-4(2,3)5;2-1(3)4;1-2;;;;;;;;/h5H2,1-3H3;(H5,2,3,4);2H2,1H3;7*1H;/q;;;;;;;;;;+4/p-4. The zero-order chi connectivity index (χ0) is 10.1. The average molecular weight is 1260 g/mol. The normalized spacial score (nSPS) is 4.74. The molecule has 0 aromatic heterocycles. The number of hydrogen-bond donors (Lipinski definition) is 5. The third-order valence-corrected chi connectivity index (χ3v) is 0. The molecule has 0 saturated carbocycles. The minimum Gasteiger partial charge on any atom is -1.00 e. The summed E-state index contributed by atoms with van der Waals surface area (Å²) < 4.78 is 0. The Morgan fingerprint density at radius 2 is 0.789 bits per heavy atom. The molecule has 0 aliphatic rings. The number of hydrogen-bond acceptors (Lipinski definition) is 3. The molecule has 0 unspecified atom stereocenters. The Labute approximate surface area is 257 Å². The maximum atomic E-state index is 6.06. The van der Waals surface area contributed by atoms with Crippen LogP contribution in [0.3, 0.4) is 0 Å². The van der Waals surface area contributed by atoms with Gasteiger partial charge in [0.15, 0.2) is 5.96 Å². The second-order valence-electron chi connectivity index (χ2n) is 2.82. The van der Waals surface area contributed by atoms with Crippen molar-refractivity contribution >= 4 is 105 Å². The molecule has 9 N–H and O–H groups in total. The minimum absolute atomic E-state index is 0. The molecule has 0 rings (SSSR count). The van der Waals surface area contributed by atoms with Crippen LogP contribution in [0, 0.1) is 5.41 Å². The molecule has 0 bridgehead atoms. The van der Waals surface area contributed by atoms with Gasteiger partial charge in [0.05, 0.1) is 0 Å². The molecule has 13 heteroatoms. The maximum absolute atomic E-state index is 6.06. The Hall–Kier alpha value is 5.22. The van der Waals surface area contributed by atoms with Gasteiger partial charge < -0.3 is 119 Å². The molecule has 0 radical (unpaired) electrons. The van der Waals surface area contributed by atoms with Crippen molar-refractivity contribution in [1.82, 2.24) is 0 Å². The molecule has 19 heavy (non-hydrogen) atoms. The first-order valence-electron chi connectivity index (χ1n) is 3.19. The number of nitrogens with two attached hydrogens (primary N) is 4. The fraction of sp³-hybridized carbons (Fsp3) is 0.833. The van der Waals surface area contributed by atoms with Crippen molar-refractivity contribution in [2.45, 2.75) is 26.3 Å². The molecule has 0 aliphatic heterocycles. The van der Waals surface area contributed by atoms with Gasteiger partial charge in [-0.25, -0.2) is 0 Å². The van der Waals surface area contributed by atoms with Crippen LogP contribution in [0.15, 0.2) is 0 Å². The van der Waals surface area contributed by atoms with Crippen LogP contribution in [0.1, 0.15) is 20.8 Å². The number of guanidine groups is 1. The van der Waals surface area contributed by atoms with Gasteiger partial charge >= 0.3 is 27.3 Å². The van der Waals surface area contributed by atoms with E-state index in [9.17, 15) is 0 Å². The Balaban J connectivity index is -0.00000000484. The summed E-state index contributed by atoms with van der Waals surface area (Å²) in [6.07, 6.45) is 0. The molecule has 126 valence electrons.